The Morgan fingerprint density at radius 3 is 2.49 bits per heavy atom. The second-order valence-electron chi connectivity index (χ2n) is 10.5. The second kappa shape index (κ2) is 11.5. The van der Waals surface area contributed by atoms with Crippen LogP contribution in [-0.2, 0) is 12.7 Å². The highest BCUT2D eigenvalue weighted by atomic mass is 19.4. The number of aromatic nitrogens is 1. The van der Waals surface area contributed by atoms with Crippen molar-refractivity contribution in [1.82, 2.24) is 14.8 Å². The van der Waals surface area contributed by atoms with Crippen LogP contribution in [0.25, 0.3) is 22.0 Å². The van der Waals surface area contributed by atoms with Crippen molar-refractivity contribution in [2.45, 2.75) is 57.8 Å². The summed E-state index contributed by atoms with van der Waals surface area (Å²) in [5.74, 6) is -0.181. The third kappa shape index (κ3) is 6.04. The fourth-order valence-corrected chi connectivity index (χ4v) is 6.00. The number of amides is 1. The summed E-state index contributed by atoms with van der Waals surface area (Å²) in [6, 6.07) is 9.08. The molecule has 3 aromatic rings. The number of benzene rings is 2. The lowest BCUT2D eigenvalue weighted by atomic mass is 9.95. The molecule has 9 heteroatoms. The van der Waals surface area contributed by atoms with Crippen LogP contribution in [0.5, 0.6) is 5.75 Å². The van der Waals surface area contributed by atoms with E-state index in [0.29, 0.717) is 52.5 Å². The van der Waals surface area contributed by atoms with E-state index in [9.17, 15) is 18.0 Å². The monoisotopic (exact) mass is 540 g/mol. The lowest BCUT2D eigenvalue weighted by Gasteiger charge is -2.40. The van der Waals surface area contributed by atoms with E-state index in [-0.39, 0.29) is 0 Å². The zero-order valence-corrected chi connectivity index (χ0v) is 22.3. The Morgan fingerprint density at radius 1 is 1.08 bits per heavy atom. The highest BCUT2D eigenvalue weighted by Gasteiger charge is 2.31. The number of halogens is 3. The number of nitrogens with zero attached hydrogens (tertiary/aromatic N) is 3. The minimum absolute atomic E-state index is 0.325. The molecule has 6 nitrogen and oxygen atoms in total. The molecule has 2 aliphatic heterocycles. The van der Waals surface area contributed by atoms with Crippen LogP contribution in [0.2, 0.25) is 0 Å². The molecule has 208 valence electrons. The molecule has 2 aromatic carbocycles. The number of primary amides is 1. The number of ether oxygens (including phenoxy) is 1. The third-order valence-corrected chi connectivity index (χ3v) is 7.95. The topological polar surface area (TPSA) is 71.7 Å². The zero-order chi connectivity index (χ0) is 27.6. The summed E-state index contributed by atoms with van der Waals surface area (Å²) >= 11 is 0. The normalized spacial score (nSPS) is 17.9. The van der Waals surface area contributed by atoms with Gasteiger partial charge in [-0.25, -0.2) is 0 Å². The number of alkyl halides is 3. The summed E-state index contributed by atoms with van der Waals surface area (Å²) in [5, 5.41) is 0.513. The molecule has 5 rings (SSSR count). The first-order valence-electron chi connectivity index (χ1n) is 13.8. The second-order valence-corrected chi connectivity index (χ2v) is 10.5. The van der Waals surface area contributed by atoms with Crippen LogP contribution in [0.15, 0.2) is 42.6 Å². The molecular weight excluding hydrogens is 505 g/mol. The molecule has 39 heavy (non-hydrogen) atoms. The van der Waals surface area contributed by atoms with E-state index >= 15 is 0 Å². The number of carbonyl (C=O) groups excluding carboxylic acids is 1. The highest BCUT2D eigenvalue weighted by Crippen LogP contribution is 2.38. The van der Waals surface area contributed by atoms with Crippen molar-refractivity contribution < 1.29 is 22.7 Å². The Kier molecular flexibility index (Phi) is 8.09. The van der Waals surface area contributed by atoms with Crippen molar-refractivity contribution in [1.29, 1.82) is 0 Å². The molecule has 1 aromatic heterocycles. The van der Waals surface area contributed by atoms with Gasteiger partial charge in [-0.2, -0.15) is 13.2 Å². The molecule has 0 aliphatic carbocycles. The maximum Gasteiger partial charge on any atom is 0.416 e. The van der Waals surface area contributed by atoms with Crippen molar-refractivity contribution in [3.8, 4) is 16.9 Å². The number of fused-ring (bicyclic) bond motifs is 1. The van der Waals surface area contributed by atoms with E-state index in [1.807, 2.05) is 0 Å². The van der Waals surface area contributed by atoms with Gasteiger partial charge in [-0.3, -0.25) is 14.7 Å². The van der Waals surface area contributed by atoms with E-state index in [1.54, 1.807) is 31.3 Å². The van der Waals surface area contributed by atoms with Gasteiger partial charge in [-0.1, -0.05) is 18.6 Å². The van der Waals surface area contributed by atoms with Crippen LogP contribution in [-0.4, -0.2) is 59.5 Å². The zero-order valence-electron chi connectivity index (χ0n) is 22.3. The van der Waals surface area contributed by atoms with Crippen LogP contribution >= 0.6 is 0 Å². The van der Waals surface area contributed by atoms with Crippen LogP contribution in [0.4, 0.5) is 13.2 Å². The number of piperidine rings is 2. The van der Waals surface area contributed by atoms with E-state index in [4.69, 9.17) is 10.5 Å². The maximum atomic E-state index is 13.5. The number of rotatable bonds is 7. The number of hydrogen-bond donors (Lipinski definition) is 1. The van der Waals surface area contributed by atoms with E-state index in [2.05, 4.69) is 14.8 Å². The fourth-order valence-electron chi connectivity index (χ4n) is 6.00. The van der Waals surface area contributed by atoms with Gasteiger partial charge in [-0.15, -0.1) is 0 Å². The fraction of sp³-hybridized carbons (Fsp3) is 0.467. The van der Waals surface area contributed by atoms with Gasteiger partial charge in [0.1, 0.15) is 5.75 Å². The number of likely N-dealkylation sites (tertiary alicyclic amines) is 2. The molecule has 0 bridgehead atoms. The van der Waals surface area contributed by atoms with Crippen LogP contribution in [0, 0.1) is 0 Å². The number of carbonyl (C=O) groups is 1. The molecule has 0 saturated carbocycles. The summed E-state index contributed by atoms with van der Waals surface area (Å²) in [6.07, 6.45) is 3.26. The first-order chi connectivity index (χ1) is 18.7. The summed E-state index contributed by atoms with van der Waals surface area (Å²) in [4.78, 5) is 22.3. The number of hydrogen-bond acceptors (Lipinski definition) is 5. The first kappa shape index (κ1) is 27.4. The Bertz CT molecular complexity index is 1330. The van der Waals surface area contributed by atoms with Crippen LogP contribution < -0.4 is 10.5 Å². The molecule has 3 heterocycles. The van der Waals surface area contributed by atoms with Gasteiger partial charge >= 0.3 is 6.18 Å². The molecule has 2 N–H and O–H groups in total. The van der Waals surface area contributed by atoms with E-state index in [1.165, 1.54) is 38.4 Å². The lowest BCUT2D eigenvalue weighted by molar-refractivity contribution is -0.137. The van der Waals surface area contributed by atoms with Crippen LogP contribution in [0.1, 0.15) is 60.5 Å². The minimum atomic E-state index is -4.48. The predicted octanol–water partition coefficient (Wildman–Crippen LogP) is 5.87. The smallest absolute Gasteiger partial charge is 0.416 e. The van der Waals surface area contributed by atoms with Gasteiger partial charge in [0, 0.05) is 35.8 Å². The Balaban J connectivity index is 1.47. The SMILES string of the molecule is CCOc1cc2ncc(CN3CCC(N4CCCCC4)CC3)c(C(N)=O)c2cc1-c1cccc(C(F)(F)F)c1. The molecule has 2 fully saturated rings. The summed E-state index contributed by atoms with van der Waals surface area (Å²) in [7, 11) is 0. The average Bonchev–Trinajstić information content (AvgIpc) is 2.93. The minimum Gasteiger partial charge on any atom is -0.493 e. The largest absolute Gasteiger partial charge is 0.493 e. The summed E-state index contributed by atoms with van der Waals surface area (Å²) in [6.45, 7) is 6.89. The molecule has 0 radical (unpaired) electrons. The number of nitrogens with two attached hydrogens (primary N) is 1. The first-order valence-corrected chi connectivity index (χ1v) is 13.8. The summed E-state index contributed by atoms with van der Waals surface area (Å²) in [5.41, 5.74) is 7.54. The molecule has 0 unspecified atom stereocenters. The van der Waals surface area contributed by atoms with Gasteiger partial charge < -0.3 is 15.4 Å². The van der Waals surface area contributed by atoms with Crippen molar-refractivity contribution >= 4 is 16.8 Å². The Morgan fingerprint density at radius 2 is 1.82 bits per heavy atom. The maximum absolute atomic E-state index is 13.5. The van der Waals surface area contributed by atoms with Crippen molar-refractivity contribution in [3.63, 3.8) is 0 Å². The van der Waals surface area contributed by atoms with Crippen LogP contribution in [0.3, 0.4) is 0 Å². The van der Waals surface area contributed by atoms with Crippen molar-refractivity contribution in [2.24, 2.45) is 5.73 Å². The van der Waals surface area contributed by atoms with Gasteiger partial charge in [0.15, 0.2) is 0 Å². The third-order valence-electron chi connectivity index (χ3n) is 7.95. The van der Waals surface area contributed by atoms with Gasteiger partial charge in [0.2, 0.25) is 5.91 Å². The van der Waals surface area contributed by atoms with Crippen molar-refractivity contribution in [3.05, 3.63) is 59.3 Å². The molecule has 0 atom stereocenters. The molecule has 2 saturated heterocycles. The molecular formula is C30H35F3N4O2. The van der Waals surface area contributed by atoms with E-state index in [0.717, 1.165) is 43.6 Å². The van der Waals surface area contributed by atoms with E-state index < -0.39 is 17.6 Å². The van der Waals surface area contributed by atoms with Crippen molar-refractivity contribution in [2.75, 3.05) is 32.8 Å². The molecule has 1 amide bonds. The quantitative estimate of drug-likeness (QED) is 0.406. The predicted molar refractivity (Wildman–Crippen MR) is 146 cm³/mol. The molecule has 2 aliphatic rings. The average molecular weight is 541 g/mol. The van der Waals surface area contributed by atoms with Gasteiger partial charge in [0.25, 0.3) is 0 Å². The highest BCUT2D eigenvalue weighted by molar-refractivity contribution is 6.08. The Hall–Kier alpha value is -3.17. The standard InChI is InChI=1S/C30H35F3N4O2/c1-2-39-27-17-26-25(16-24(27)20-7-6-8-22(15-20)30(31,32)33)28(29(34)38)21(18-35-26)19-36-13-9-23(10-14-36)37-11-4-3-5-12-37/h6-8,15-18,23H,2-5,9-14,19H2,1H3,(H2,34,38). The lowest BCUT2D eigenvalue weighted by Crippen LogP contribution is -2.46. The van der Waals surface area contributed by atoms with Gasteiger partial charge in [-0.05, 0) is 88.1 Å². The Labute approximate surface area is 226 Å². The number of pyridine rings is 1. The van der Waals surface area contributed by atoms with Gasteiger partial charge in [0.05, 0.1) is 23.3 Å². The summed E-state index contributed by atoms with van der Waals surface area (Å²) < 4.78 is 46.1. The molecule has 0 spiro atoms.